The van der Waals surface area contributed by atoms with Crippen molar-refractivity contribution < 1.29 is 0 Å². The minimum absolute atomic E-state index is 0.730. The van der Waals surface area contributed by atoms with Gasteiger partial charge in [0.1, 0.15) is 0 Å². The highest BCUT2D eigenvalue weighted by Gasteiger charge is 2.38. The number of hydrogen-bond acceptors (Lipinski definition) is 2. The van der Waals surface area contributed by atoms with E-state index in [1.165, 1.54) is 31.5 Å². The maximum Gasteiger partial charge on any atom is 0.0482 e. The van der Waals surface area contributed by atoms with Gasteiger partial charge in [-0.3, -0.25) is 4.90 Å². The van der Waals surface area contributed by atoms with Gasteiger partial charge in [-0.2, -0.15) is 0 Å². The summed E-state index contributed by atoms with van der Waals surface area (Å²) in [7, 11) is 0. The fraction of sp³-hybridized carbons (Fsp3) is 0.538. The standard InChI is InChI=1S/C13H18N2/c1-2-5-11(6-3-1)12-9-13(12)14-10-15-7-4-8-15/h1-3,5-6,12-14H,4,7-10H2/t12-,13+/m0/s1. The Morgan fingerprint density at radius 3 is 2.67 bits per heavy atom. The second-order valence-electron chi connectivity index (χ2n) is 4.69. The summed E-state index contributed by atoms with van der Waals surface area (Å²) >= 11 is 0. The van der Waals surface area contributed by atoms with Gasteiger partial charge in [0.15, 0.2) is 0 Å². The van der Waals surface area contributed by atoms with Crippen molar-refractivity contribution in [3.63, 3.8) is 0 Å². The van der Waals surface area contributed by atoms with E-state index < -0.39 is 0 Å². The summed E-state index contributed by atoms with van der Waals surface area (Å²) in [4.78, 5) is 2.47. The molecule has 0 aromatic heterocycles. The summed E-state index contributed by atoms with van der Waals surface area (Å²) < 4.78 is 0. The third-order valence-corrected chi connectivity index (χ3v) is 3.54. The maximum absolute atomic E-state index is 3.63. The van der Waals surface area contributed by atoms with Gasteiger partial charge in [0, 0.05) is 31.7 Å². The molecule has 80 valence electrons. The summed E-state index contributed by atoms with van der Waals surface area (Å²) in [5, 5.41) is 3.63. The molecule has 1 saturated carbocycles. The van der Waals surface area contributed by atoms with Gasteiger partial charge in [0.25, 0.3) is 0 Å². The van der Waals surface area contributed by atoms with Crippen LogP contribution in [0.2, 0.25) is 0 Å². The van der Waals surface area contributed by atoms with E-state index in [9.17, 15) is 0 Å². The summed E-state index contributed by atoms with van der Waals surface area (Å²) in [5.74, 6) is 0.771. The lowest BCUT2D eigenvalue weighted by Gasteiger charge is -2.30. The van der Waals surface area contributed by atoms with Crippen LogP contribution < -0.4 is 5.32 Å². The van der Waals surface area contributed by atoms with Gasteiger partial charge < -0.3 is 5.32 Å². The van der Waals surface area contributed by atoms with Crippen molar-refractivity contribution in [3.8, 4) is 0 Å². The minimum atomic E-state index is 0.730. The lowest BCUT2D eigenvalue weighted by molar-refractivity contribution is 0.165. The number of hydrogen-bond donors (Lipinski definition) is 1. The molecule has 3 rings (SSSR count). The average molecular weight is 202 g/mol. The molecule has 0 radical (unpaired) electrons. The molecule has 0 bridgehead atoms. The van der Waals surface area contributed by atoms with Crippen molar-refractivity contribution >= 4 is 0 Å². The van der Waals surface area contributed by atoms with Crippen molar-refractivity contribution in [1.29, 1.82) is 0 Å². The van der Waals surface area contributed by atoms with Crippen LogP contribution in [0.4, 0.5) is 0 Å². The maximum atomic E-state index is 3.63. The van der Waals surface area contributed by atoms with Gasteiger partial charge in [-0.15, -0.1) is 0 Å². The van der Waals surface area contributed by atoms with Crippen molar-refractivity contribution in [3.05, 3.63) is 35.9 Å². The molecular weight excluding hydrogens is 184 g/mol. The zero-order valence-corrected chi connectivity index (χ0v) is 9.02. The van der Waals surface area contributed by atoms with Gasteiger partial charge >= 0.3 is 0 Å². The zero-order chi connectivity index (χ0) is 10.1. The molecule has 0 unspecified atom stereocenters. The van der Waals surface area contributed by atoms with Crippen molar-refractivity contribution in [1.82, 2.24) is 10.2 Å². The summed E-state index contributed by atoms with van der Waals surface area (Å²) in [6, 6.07) is 11.6. The van der Waals surface area contributed by atoms with E-state index in [2.05, 4.69) is 40.5 Å². The van der Waals surface area contributed by atoms with Gasteiger partial charge in [0.05, 0.1) is 0 Å². The number of benzene rings is 1. The molecule has 1 aliphatic carbocycles. The smallest absolute Gasteiger partial charge is 0.0482 e. The number of likely N-dealkylation sites (tertiary alicyclic amines) is 1. The molecule has 0 spiro atoms. The Morgan fingerprint density at radius 1 is 1.20 bits per heavy atom. The van der Waals surface area contributed by atoms with Crippen LogP contribution >= 0.6 is 0 Å². The highest BCUT2D eigenvalue weighted by atomic mass is 15.3. The fourth-order valence-electron chi connectivity index (χ4n) is 2.28. The zero-order valence-electron chi connectivity index (χ0n) is 9.02. The number of nitrogens with zero attached hydrogens (tertiary/aromatic N) is 1. The van der Waals surface area contributed by atoms with Gasteiger partial charge in [-0.1, -0.05) is 30.3 Å². The lowest BCUT2D eigenvalue weighted by Crippen LogP contribution is -2.44. The van der Waals surface area contributed by atoms with Crippen LogP contribution in [0, 0.1) is 0 Å². The molecule has 1 aromatic carbocycles. The summed E-state index contributed by atoms with van der Waals surface area (Å²) in [6.45, 7) is 3.67. The number of nitrogens with one attached hydrogen (secondary N) is 1. The van der Waals surface area contributed by atoms with Gasteiger partial charge in [-0.25, -0.2) is 0 Å². The monoisotopic (exact) mass is 202 g/mol. The predicted octanol–water partition coefficient (Wildman–Crippen LogP) is 1.80. The average Bonchev–Trinajstić information content (AvgIpc) is 2.96. The van der Waals surface area contributed by atoms with Crippen LogP contribution in [0.5, 0.6) is 0 Å². The van der Waals surface area contributed by atoms with Crippen LogP contribution in [0.15, 0.2) is 30.3 Å². The normalized spacial score (nSPS) is 29.9. The Labute approximate surface area is 91.3 Å². The van der Waals surface area contributed by atoms with E-state index in [0.717, 1.165) is 18.6 Å². The van der Waals surface area contributed by atoms with E-state index in [4.69, 9.17) is 0 Å². The molecular formula is C13H18N2. The Hall–Kier alpha value is -0.860. The Morgan fingerprint density at radius 2 is 2.00 bits per heavy atom. The third-order valence-electron chi connectivity index (χ3n) is 3.54. The van der Waals surface area contributed by atoms with E-state index >= 15 is 0 Å². The summed E-state index contributed by atoms with van der Waals surface area (Å²) in [5.41, 5.74) is 1.50. The molecule has 2 aliphatic rings. The molecule has 1 aromatic rings. The Balaban J connectivity index is 1.47. The second kappa shape index (κ2) is 3.95. The largest absolute Gasteiger partial charge is 0.301 e. The molecule has 1 saturated heterocycles. The molecule has 2 nitrogen and oxygen atoms in total. The molecule has 2 fully saturated rings. The first-order valence-corrected chi connectivity index (χ1v) is 5.94. The second-order valence-corrected chi connectivity index (χ2v) is 4.69. The quantitative estimate of drug-likeness (QED) is 0.801. The predicted molar refractivity (Wildman–Crippen MR) is 61.8 cm³/mol. The van der Waals surface area contributed by atoms with Gasteiger partial charge in [-0.05, 0) is 18.4 Å². The van der Waals surface area contributed by atoms with E-state index in [0.29, 0.717) is 0 Å². The molecule has 1 aliphatic heterocycles. The SMILES string of the molecule is c1ccc([C@@H]2C[C@H]2NCN2CCC2)cc1. The van der Waals surface area contributed by atoms with Crippen LogP contribution in [0.1, 0.15) is 24.3 Å². The van der Waals surface area contributed by atoms with Crippen molar-refractivity contribution in [2.45, 2.75) is 24.8 Å². The van der Waals surface area contributed by atoms with Crippen LogP contribution in [0.25, 0.3) is 0 Å². The summed E-state index contributed by atoms with van der Waals surface area (Å²) in [6.07, 6.45) is 2.70. The topological polar surface area (TPSA) is 15.3 Å². The number of rotatable bonds is 4. The first-order valence-electron chi connectivity index (χ1n) is 5.94. The Bertz CT molecular complexity index is 319. The van der Waals surface area contributed by atoms with E-state index in [1.807, 2.05) is 0 Å². The van der Waals surface area contributed by atoms with Crippen LogP contribution in [0.3, 0.4) is 0 Å². The fourth-order valence-corrected chi connectivity index (χ4v) is 2.28. The first kappa shape index (κ1) is 9.37. The molecule has 1 heterocycles. The molecule has 2 atom stereocenters. The van der Waals surface area contributed by atoms with Crippen molar-refractivity contribution in [2.24, 2.45) is 0 Å². The van der Waals surface area contributed by atoms with Gasteiger partial charge in [0.2, 0.25) is 0 Å². The van der Waals surface area contributed by atoms with E-state index in [-0.39, 0.29) is 0 Å². The van der Waals surface area contributed by atoms with Crippen molar-refractivity contribution in [2.75, 3.05) is 19.8 Å². The minimum Gasteiger partial charge on any atom is -0.301 e. The Kier molecular flexibility index (Phi) is 2.47. The molecule has 2 heteroatoms. The molecule has 15 heavy (non-hydrogen) atoms. The van der Waals surface area contributed by atoms with Crippen LogP contribution in [-0.2, 0) is 0 Å². The molecule has 1 N–H and O–H groups in total. The highest BCUT2D eigenvalue weighted by Crippen LogP contribution is 2.40. The first-order chi connectivity index (χ1) is 7.43. The lowest BCUT2D eigenvalue weighted by atomic mass is 10.1. The molecule has 0 amide bonds. The highest BCUT2D eigenvalue weighted by molar-refractivity contribution is 5.27. The third kappa shape index (κ3) is 2.06. The van der Waals surface area contributed by atoms with Crippen LogP contribution in [-0.4, -0.2) is 30.7 Å². The van der Waals surface area contributed by atoms with E-state index in [1.54, 1.807) is 0 Å².